The van der Waals surface area contributed by atoms with E-state index in [1.165, 1.54) is 51.4 Å². The van der Waals surface area contributed by atoms with Crippen LogP contribution in [-0.2, 0) is 6.42 Å². The summed E-state index contributed by atoms with van der Waals surface area (Å²) < 4.78 is 25.8. The maximum atomic E-state index is 14.8. The summed E-state index contributed by atoms with van der Waals surface area (Å²) in [5.74, 6) is 0.175. The molecule has 4 heteroatoms. The maximum absolute atomic E-state index is 14.8. The molecule has 0 radical (unpaired) electrons. The van der Waals surface area contributed by atoms with E-state index in [-0.39, 0.29) is 11.1 Å². The van der Waals surface area contributed by atoms with Gasteiger partial charge in [-0.05, 0) is 30.4 Å². The number of rotatable bonds is 15. The Kier molecular flexibility index (Phi) is 10.8. The number of halogens is 1. The minimum Gasteiger partial charge on any atom is -0.490 e. The van der Waals surface area contributed by atoms with Crippen molar-refractivity contribution in [1.29, 1.82) is 0 Å². The van der Waals surface area contributed by atoms with Gasteiger partial charge in [0.2, 0.25) is 0 Å². The van der Waals surface area contributed by atoms with Crippen molar-refractivity contribution in [3.8, 4) is 5.75 Å². The van der Waals surface area contributed by atoms with Crippen molar-refractivity contribution in [2.45, 2.75) is 97.3 Å². The molecule has 1 aromatic carbocycles. The molecule has 162 valence electrons. The molecule has 0 N–H and O–H groups in total. The van der Waals surface area contributed by atoms with Crippen molar-refractivity contribution in [2.24, 2.45) is 0 Å². The van der Waals surface area contributed by atoms with Crippen LogP contribution < -0.4 is 10.4 Å². The van der Waals surface area contributed by atoms with Gasteiger partial charge in [-0.1, -0.05) is 84.1 Å². The highest BCUT2D eigenvalue weighted by molar-refractivity contribution is 5.83. The zero-order chi connectivity index (χ0) is 20.9. The van der Waals surface area contributed by atoms with Crippen molar-refractivity contribution >= 4 is 10.8 Å². The minimum atomic E-state index is -0.606. The van der Waals surface area contributed by atoms with Crippen LogP contribution in [0.25, 0.3) is 10.8 Å². The molecule has 0 unspecified atom stereocenters. The van der Waals surface area contributed by atoms with Gasteiger partial charge in [0.05, 0.1) is 6.61 Å². The van der Waals surface area contributed by atoms with Crippen LogP contribution in [0, 0.1) is 5.82 Å². The van der Waals surface area contributed by atoms with Crippen LogP contribution in [0.5, 0.6) is 5.75 Å². The first kappa shape index (κ1) is 23.4. The second kappa shape index (κ2) is 13.4. The summed E-state index contributed by atoms with van der Waals surface area (Å²) >= 11 is 0. The number of hydrogen-bond donors (Lipinski definition) is 0. The zero-order valence-corrected chi connectivity index (χ0v) is 18.2. The van der Waals surface area contributed by atoms with Gasteiger partial charge in [-0.25, -0.2) is 9.18 Å². The molecule has 0 fully saturated rings. The minimum absolute atomic E-state index is 0.00265. The van der Waals surface area contributed by atoms with E-state index in [2.05, 4.69) is 13.8 Å². The molecular weight excluding hydrogens is 367 g/mol. The maximum Gasteiger partial charge on any atom is 0.346 e. The second-order valence-electron chi connectivity index (χ2n) is 7.98. The fourth-order valence-electron chi connectivity index (χ4n) is 3.65. The van der Waals surface area contributed by atoms with Crippen LogP contribution in [0.15, 0.2) is 27.4 Å². The third-order valence-electron chi connectivity index (χ3n) is 5.42. The summed E-state index contributed by atoms with van der Waals surface area (Å²) in [5, 5.41) is 0.587. The third kappa shape index (κ3) is 7.83. The lowest BCUT2D eigenvalue weighted by atomic mass is 10.1. The van der Waals surface area contributed by atoms with Gasteiger partial charge in [0.25, 0.3) is 0 Å². The molecule has 0 aliphatic rings. The molecule has 29 heavy (non-hydrogen) atoms. The Hall–Kier alpha value is -1.84. The van der Waals surface area contributed by atoms with Gasteiger partial charge in [-0.2, -0.15) is 0 Å². The molecule has 1 heterocycles. The van der Waals surface area contributed by atoms with E-state index in [1.54, 1.807) is 18.2 Å². The first-order valence-corrected chi connectivity index (χ1v) is 11.5. The Morgan fingerprint density at radius 2 is 1.48 bits per heavy atom. The van der Waals surface area contributed by atoms with Crippen molar-refractivity contribution in [3.05, 3.63) is 40.2 Å². The van der Waals surface area contributed by atoms with Crippen LogP contribution in [0.3, 0.4) is 0 Å². The SMILES string of the molecule is CCCCCCCCOc1ccc2cc(CCCCCCCC)oc(=O)c2c1F. The molecule has 0 saturated carbocycles. The average molecular weight is 405 g/mol. The Bertz CT molecular complexity index is 781. The van der Waals surface area contributed by atoms with Crippen molar-refractivity contribution in [1.82, 2.24) is 0 Å². The standard InChI is InChI=1S/C25H37FO3/c1-3-5-7-9-11-13-15-21-19-20-16-17-22(24(26)23(20)25(27)29-21)28-18-14-12-10-8-6-4-2/h16-17,19H,3-15,18H2,1-2H3. The van der Waals surface area contributed by atoms with Crippen molar-refractivity contribution < 1.29 is 13.5 Å². The largest absolute Gasteiger partial charge is 0.490 e. The van der Waals surface area contributed by atoms with E-state index in [9.17, 15) is 9.18 Å². The van der Waals surface area contributed by atoms with Gasteiger partial charge >= 0.3 is 5.63 Å². The van der Waals surface area contributed by atoms with Crippen LogP contribution in [-0.4, -0.2) is 6.61 Å². The topological polar surface area (TPSA) is 39.4 Å². The lowest BCUT2D eigenvalue weighted by Gasteiger charge is -2.09. The number of hydrogen-bond acceptors (Lipinski definition) is 3. The Labute approximate surface area is 174 Å². The molecule has 0 amide bonds. The molecule has 0 aliphatic carbocycles. The molecule has 0 spiro atoms. The molecule has 0 aliphatic heterocycles. The zero-order valence-electron chi connectivity index (χ0n) is 18.2. The van der Waals surface area contributed by atoms with E-state index >= 15 is 0 Å². The van der Waals surface area contributed by atoms with E-state index in [4.69, 9.17) is 9.15 Å². The quantitative estimate of drug-likeness (QED) is 0.287. The van der Waals surface area contributed by atoms with Crippen molar-refractivity contribution in [3.63, 3.8) is 0 Å². The molecule has 2 aromatic rings. The van der Waals surface area contributed by atoms with Gasteiger partial charge in [-0.3, -0.25) is 0 Å². The monoisotopic (exact) mass is 404 g/mol. The lowest BCUT2D eigenvalue weighted by molar-refractivity contribution is 0.291. The van der Waals surface area contributed by atoms with Crippen LogP contribution >= 0.6 is 0 Å². The number of fused-ring (bicyclic) bond motifs is 1. The van der Waals surface area contributed by atoms with E-state index in [0.29, 0.717) is 17.8 Å². The molecule has 0 atom stereocenters. The summed E-state index contributed by atoms with van der Waals surface area (Å²) in [7, 11) is 0. The average Bonchev–Trinajstić information content (AvgIpc) is 2.71. The van der Waals surface area contributed by atoms with Gasteiger partial charge in [-0.15, -0.1) is 0 Å². The normalized spacial score (nSPS) is 11.3. The summed E-state index contributed by atoms with van der Waals surface area (Å²) in [6.07, 6.45) is 14.7. The fourth-order valence-corrected chi connectivity index (χ4v) is 3.65. The highest BCUT2D eigenvalue weighted by Gasteiger charge is 2.14. The number of unbranched alkanes of at least 4 members (excludes halogenated alkanes) is 10. The Morgan fingerprint density at radius 1 is 0.862 bits per heavy atom. The molecular formula is C25H37FO3. The Morgan fingerprint density at radius 3 is 2.17 bits per heavy atom. The van der Waals surface area contributed by atoms with E-state index in [0.717, 1.165) is 32.1 Å². The summed E-state index contributed by atoms with van der Waals surface area (Å²) in [6.45, 7) is 4.86. The fraction of sp³-hybridized carbons (Fsp3) is 0.640. The van der Waals surface area contributed by atoms with Crippen molar-refractivity contribution in [2.75, 3.05) is 6.61 Å². The molecule has 2 rings (SSSR count). The van der Waals surface area contributed by atoms with Crippen LogP contribution in [0.2, 0.25) is 0 Å². The molecule has 3 nitrogen and oxygen atoms in total. The van der Waals surface area contributed by atoms with E-state index in [1.807, 2.05) is 0 Å². The molecule has 0 bridgehead atoms. The van der Waals surface area contributed by atoms with Gasteiger partial charge in [0.15, 0.2) is 11.6 Å². The van der Waals surface area contributed by atoms with Crippen LogP contribution in [0.1, 0.15) is 96.7 Å². The summed E-state index contributed by atoms with van der Waals surface area (Å²) in [6, 6.07) is 5.18. The summed E-state index contributed by atoms with van der Waals surface area (Å²) in [4.78, 5) is 12.4. The number of benzene rings is 1. The predicted octanol–water partition coefficient (Wildman–Crippen LogP) is 7.57. The van der Waals surface area contributed by atoms with Gasteiger partial charge < -0.3 is 9.15 Å². The molecule has 1 aromatic heterocycles. The van der Waals surface area contributed by atoms with E-state index < -0.39 is 11.4 Å². The highest BCUT2D eigenvalue weighted by Crippen LogP contribution is 2.25. The first-order valence-electron chi connectivity index (χ1n) is 11.5. The third-order valence-corrected chi connectivity index (χ3v) is 5.42. The predicted molar refractivity (Wildman–Crippen MR) is 118 cm³/mol. The van der Waals surface area contributed by atoms with Gasteiger partial charge in [0.1, 0.15) is 11.1 Å². The van der Waals surface area contributed by atoms with Gasteiger partial charge in [0, 0.05) is 6.42 Å². The lowest BCUT2D eigenvalue weighted by Crippen LogP contribution is -2.07. The smallest absolute Gasteiger partial charge is 0.346 e. The first-order chi connectivity index (χ1) is 14.2. The number of ether oxygens (including phenoxy) is 1. The van der Waals surface area contributed by atoms with Crippen LogP contribution in [0.4, 0.5) is 4.39 Å². The summed E-state index contributed by atoms with van der Waals surface area (Å²) in [5.41, 5.74) is -0.606. The second-order valence-corrected chi connectivity index (χ2v) is 7.98. The molecule has 0 saturated heterocycles. The highest BCUT2D eigenvalue weighted by atomic mass is 19.1. The Balaban J connectivity index is 1.90. The number of aryl methyl sites for hydroxylation is 1.